The molecular weight excluding hydrogens is 246 g/mol. The number of hydrogen-bond acceptors (Lipinski definition) is 5. The monoisotopic (exact) mass is 263 g/mol. The Labute approximate surface area is 110 Å². The lowest BCUT2D eigenvalue weighted by molar-refractivity contribution is -0.138. The van der Waals surface area contributed by atoms with Gasteiger partial charge < -0.3 is 10.4 Å². The standard InChI is InChI=1S/C12H17N5O2/c1-3-4-5-9(11(18)19)16-10-6-8(2)15-12-13-7-14-17(10)12/h6-7,9,16H,3-5H2,1-2H3,(H,18,19)/t9-/m0/s1. The lowest BCUT2D eigenvalue weighted by Gasteiger charge is -2.16. The number of carboxylic acids is 1. The van der Waals surface area contributed by atoms with Crippen molar-refractivity contribution in [1.82, 2.24) is 19.6 Å². The van der Waals surface area contributed by atoms with Crippen molar-refractivity contribution in [3.63, 3.8) is 0 Å². The van der Waals surface area contributed by atoms with Crippen LogP contribution in [0.15, 0.2) is 12.4 Å². The zero-order valence-corrected chi connectivity index (χ0v) is 11.0. The van der Waals surface area contributed by atoms with E-state index in [1.54, 1.807) is 6.07 Å². The third-order valence-corrected chi connectivity index (χ3v) is 2.85. The van der Waals surface area contributed by atoms with Crippen molar-refractivity contribution >= 4 is 17.6 Å². The smallest absolute Gasteiger partial charge is 0.326 e. The van der Waals surface area contributed by atoms with Gasteiger partial charge in [-0.05, 0) is 13.3 Å². The van der Waals surface area contributed by atoms with E-state index in [1.807, 2.05) is 13.8 Å². The summed E-state index contributed by atoms with van der Waals surface area (Å²) < 4.78 is 1.51. The van der Waals surface area contributed by atoms with Crippen LogP contribution in [0.3, 0.4) is 0 Å². The minimum Gasteiger partial charge on any atom is -0.480 e. The first-order chi connectivity index (χ1) is 9.11. The van der Waals surface area contributed by atoms with Gasteiger partial charge in [-0.25, -0.2) is 9.78 Å². The molecular formula is C12H17N5O2. The number of anilines is 1. The molecule has 7 nitrogen and oxygen atoms in total. The molecule has 0 saturated heterocycles. The Morgan fingerprint density at radius 2 is 2.37 bits per heavy atom. The Bertz CT molecular complexity index is 581. The summed E-state index contributed by atoms with van der Waals surface area (Å²) >= 11 is 0. The molecule has 1 atom stereocenters. The predicted molar refractivity (Wildman–Crippen MR) is 70.1 cm³/mol. The van der Waals surface area contributed by atoms with Crippen LogP contribution < -0.4 is 5.32 Å². The molecule has 0 aromatic carbocycles. The van der Waals surface area contributed by atoms with Crippen LogP contribution in [0.1, 0.15) is 31.9 Å². The summed E-state index contributed by atoms with van der Waals surface area (Å²) in [6, 6.07) is 1.14. The number of nitrogens with zero attached hydrogens (tertiary/aromatic N) is 4. The summed E-state index contributed by atoms with van der Waals surface area (Å²) in [5.74, 6) is 0.196. The maximum absolute atomic E-state index is 11.2. The summed E-state index contributed by atoms with van der Waals surface area (Å²) in [6.45, 7) is 3.87. The lowest BCUT2D eigenvalue weighted by Crippen LogP contribution is -2.30. The van der Waals surface area contributed by atoms with Gasteiger partial charge in [0.1, 0.15) is 18.2 Å². The molecule has 0 unspecified atom stereocenters. The van der Waals surface area contributed by atoms with Crippen LogP contribution >= 0.6 is 0 Å². The molecule has 2 rings (SSSR count). The van der Waals surface area contributed by atoms with Crippen molar-refractivity contribution in [2.45, 2.75) is 39.2 Å². The highest BCUT2D eigenvalue weighted by Crippen LogP contribution is 2.14. The third-order valence-electron chi connectivity index (χ3n) is 2.85. The fourth-order valence-electron chi connectivity index (χ4n) is 1.88. The summed E-state index contributed by atoms with van der Waals surface area (Å²) in [7, 11) is 0. The average molecular weight is 263 g/mol. The number of hydrogen-bond donors (Lipinski definition) is 2. The minimum absolute atomic E-state index is 0.460. The summed E-state index contributed by atoms with van der Waals surface area (Å²) in [5, 5.41) is 16.3. The topological polar surface area (TPSA) is 92.4 Å². The van der Waals surface area contributed by atoms with Gasteiger partial charge in [0.25, 0.3) is 5.78 Å². The zero-order valence-electron chi connectivity index (χ0n) is 11.0. The predicted octanol–water partition coefficient (Wildman–Crippen LogP) is 1.49. The highest BCUT2D eigenvalue weighted by molar-refractivity contribution is 5.77. The Hall–Kier alpha value is -2.18. The van der Waals surface area contributed by atoms with Crippen LogP contribution in [0.25, 0.3) is 5.78 Å². The molecule has 2 aromatic heterocycles. The van der Waals surface area contributed by atoms with E-state index >= 15 is 0 Å². The lowest BCUT2D eigenvalue weighted by atomic mass is 10.1. The minimum atomic E-state index is -0.865. The fraction of sp³-hybridized carbons (Fsp3) is 0.500. The number of rotatable bonds is 6. The highest BCUT2D eigenvalue weighted by atomic mass is 16.4. The Morgan fingerprint density at radius 1 is 1.58 bits per heavy atom. The number of fused-ring (bicyclic) bond motifs is 1. The second kappa shape index (κ2) is 5.64. The first-order valence-electron chi connectivity index (χ1n) is 6.28. The second-order valence-electron chi connectivity index (χ2n) is 4.43. The van der Waals surface area contributed by atoms with Crippen molar-refractivity contribution in [2.24, 2.45) is 0 Å². The Morgan fingerprint density at radius 3 is 3.05 bits per heavy atom. The van der Waals surface area contributed by atoms with E-state index in [9.17, 15) is 9.90 Å². The number of carbonyl (C=O) groups is 1. The Balaban J connectivity index is 2.27. The van der Waals surface area contributed by atoms with Crippen molar-refractivity contribution < 1.29 is 9.90 Å². The van der Waals surface area contributed by atoms with Gasteiger partial charge in [0.2, 0.25) is 0 Å². The molecule has 2 heterocycles. The molecule has 0 radical (unpaired) electrons. The van der Waals surface area contributed by atoms with Crippen LogP contribution in [-0.4, -0.2) is 36.7 Å². The Kier molecular flexibility index (Phi) is 3.94. The normalized spacial score (nSPS) is 12.5. The van der Waals surface area contributed by atoms with E-state index in [0.29, 0.717) is 18.0 Å². The SMILES string of the molecule is CCCC[C@H](Nc1cc(C)nc2ncnn12)C(=O)O. The van der Waals surface area contributed by atoms with Crippen molar-refractivity contribution in [3.05, 3.63) is 18.1 Å². The second-order valence-corrected chi connectivity index (χ2v) is 4.43. The fourth-order valence-corrected chi connectivity index (χ4v) is 1.88. The van der Waals surface area contributed by atoms with Gasteiger partial charge in [-0.15, -0.1) is 0 Å². The van der Waals surface area contributed by atoms with Gasteiger partial charge in [0.15, 0.2) is 0 Å². The summed E-state index contributed by atoms with van der Waals surface area (Å²) in [5.41, 5.74) is 0.766. The number of aryl methyl sites for hydroxylation is 1. The van der Waals surface area contributed by atoms with Crippen molar-refractivity contribution in [3.8, 4) is 0 Å². The number of carboxylic acid groups (broad SMARTS) is 1. The maximum atomic E-state index is 11.2. The number of unbranched alkanes of at least 4 members (excludes halogenated alkanes) is 1. The van der Waals surface area contributed by atoms with Crippen LogP contribution in [0, 0.1) is 6.92 Å². The maximum Gasteiger partial charge on any atom is 0.326 e. The van der Waals surface area contributed by atoms with E-state index in [4.69, 9.17) is 0 Å². The molecule has 102 valence electrons. The molecule has 2 aromatic rings. The molecule has 0 fully saturated rings. The van der Waals surface area contributed by atoms with E-state index in [-0.39, 0.29) is 0 Å². The van der Waals surface area contributed by atoms with Crippen LogP contribution in [-0.2, 0) is 4.79 Å². The van der Waals surface area contributed by atoms with Crippen molar-refractivity contribution in [1.29, 1.82) is 0 Å². The largest absolute Gasteiger partial charge is 0.480 e. The molecule has 0 aliphatic rings. The van der Waals surface area contributed by atoms with Gasteiger partial charge in [-0.1, -0.05) is 19.8 Å². The summed E-state index contributed by atoms with van der Waals surface area (Å²) in [6.07, 6.45) is 3.78. The number of aromatic nitrogens is 4. The average Bonchev–Trinajstić information content (AvgIpc) is 2.81. The first kappa shape index (κ1) is 13.3. The van der Waals surface area contributed by atoms with Gasteiger partial charge in [-0.3, -0.25) is 0 Å². The molecule has 0 aliphatic heterocycles. The number of aliphatic carboxylic acids is 1. The van der Waals surface area contributed by atoms with Gasteiger partial charge in [0, 0.05) is 11.8 Å². The zero-order chi connectivity index (χ0) is 13.8. The highest BCUT2D eigenvalue weighted by Gasteiger charge is 2.18. The van der Waals surface area contributed by atoms with E-state index in [2.05, 4.69) is 20.4 Å². The van der Waals surface area contributed by atoms with E-state index < -0.39 is 12.0 Å². The van der Waals surface area contributed by atoms with E-state index in [1.165, 1.54) is 10.8 Å². The third kappa shape index (κ3) is 2.98. The molecule has 0 amide bonds. The molecule has 0 bridgehead atoms. The van der Waals surface area contributed by atoms with Crippen molar-refractivity contribution in [2.75, 3.05) is 5.32 Å². The molecule has 2 N–H and O–H groups in total. The van der Waals surface area contributed by atoms with Gasteiger partial charge in [-0.2, -0.15) is 14.6 Å². The summed E-state index contributed by atoms with van der Waals surface area (Å²) in [4.78, 5) is 19.5. The molecule has 0 saturated carbocycles. The number of nitrogens with one attached hydrogen (secondary N) is 1. The van der Waals surface area contributed by atoms with Gasteiger partial charge in [0.05, 0.1) is 0 Å². The van der Waals surface area contributed by atoms with Crippen LogP contribution in [0.4, 0.5) is 5.82 Å². The first-order valence-corrected chi connectivity index (χ1v) is 6.28. The molecule has 0 aliphatic carbocycles. The quantitative estimate of drug-likeness (QED) is 0.820. The molecule has 19 heavy (non-hydrogen) atoms. The molecule has 0 spiro atoms. The van der Waals surface area contributed by atoms with Gasteiger partial charge >= 0.3 is 5.97 Å². The van der Waals surface area contributed by atoms with Crippen LogP contribution in [0.2, 0.25) is 0 Å². The van der Waals surface area contributed by atoms with E-state index in [0.717, 1.165) is 18.5 Å². The molecule has 7 heteroatoms. The van der Waals surface area contributed by atoms with Crippen LogP contribution in [0.5, 0.6) is 0 Å².